The highest BCUT2D eigenvalue weighted by Gasteiger charge is 2.10. The van der Waals surface area contributed by atoms with Crippen molar-refractivity contribution in [2.24, 2.45) is 11.7 Å². The second-order valence-corrected chi connectivity index (χ2v) is 12.8. The van der Waals surface area contributed by atoms with Gasteiger partial charge in [-0.15, -0.1) is 0 Å². The van der Waals surface area contributed by atoms with E-state index in [0.29, 0.717) is 6.61 Å². The Morgan fingerprint density at radius 1 is 0.796 bits per heavy atom. The van der Waals surface area contributed by atoms with E-state index in [1.807, 2.05) is 36.4 Å². The molecule has 0 aliphatic heterocycles. The van der Waals surface area contributed by atoms with E-state index in [0.717, 1.165) is 86.4 Å². The summed E-state index contributed by atoms with van der Waals surface area (Å²) in [6, 6.07) is 22.5. The SMILES string of the molecule is CC(C)C.CCCCn1c(CC)nc2ccc(OCCCN(CC)CC)cc21.CCc1ccc(OCCc2ccc(Cl)cc2)cc1.NCO. The van der Waals surface area contributed by atoms with E-state index in [-0.39, 0.29) is 6.73 Å². The van der Waals surface area contributed by atoms with Gasteiger partial charge in [0.25, 0.3) is 0 Å². The average Bonchev–Trinajstić information content (AvgIpc) is 3.45. The Hall–Kier alpha value is -3.10. The van der Waals surface area contributed by atoms with Crippen LogP contribution in [0.5, 0.6) is 11.5 Å². The van der Waals surface area contributed by atoms with Crippen LogP contribution in [-0.2, 0) is 25.8 Å². The molecule has 0 aliphatic carbocycles. The third-order valence-corrected chi connectivity index (χ3v) is 7.79. The van der Waals surface area contributed by atoms with Gasteiger partial charge in [0.2, 0.25) is 0 Å². The van der Waals surface area contributed by atoms with E-state index >= 15 is 0 Å². The quantitative estimate of drug-likeness (QED) is 0.0897. The Labute approximate surface area is 302 Å². The van der Waals surface area contributed by atoms with Crippen LogP contribution >= 0.6 is 11.6 Å². The molecule has 0 fully saturated rings. The molecular weight excluding hydrogens is 632 g/mol. The number of ether oxygens (including phenoxy) is 2. The summed E-state index contributed by atoms with van der Waals surface area (Å²) < 4.78 is 14.1. The molecular formula is C41H65ClN4O3. The summed E-state index contributed by atoms with van der Waals surface area (Å²) in [5, 5.41) is 8.12. The number of nitrogens with zero attached hydrogens (tertiary/aromatic N) is 3. The Bertz CT molecular complexity index is 1370. The van der Waals surface area contributed by atoms with Gasteiger partial charge in [-0.25, -0.2) is 4.98 Å². The van der Waals surface area contributed by atoms with Gasteiger partial charge in [0.1, 0.15) is 17.3 Å². The number of nitrogens with two attached hydrogens (primary N) is 1. The maximum atomic E-state index is 7.35. The minimum Gasteiger partial charge on any atom is -0.493 e. The summed E-state index contributed by atoms with van der Waals surface area (Å²) in [7, 11) is 0. The van der Waals surface area contributed by atoms with E-state index in [4.69, 9.17) is 31.2 Å². The zero-order valence-electron chi connectivity index (χ0n) is 31.7. The van der Waals surface area contributed by atoms with Crippen LogP contribution in [0, 0.1) is 5.92 Å². The molecule has 7 nitrogen and oxygen atoms in total. The minimum absolute atomic E-state index is 0.250. The molecule has 0 spiro atoms. The van der Waals surface area contributed by atoms with Gasteiger partial charge in [0.15, 0.2) is 0 Å². The first-order chi connectivity index (χ1) is 23.6. The molecule has 0 aliphatic rings. The van der Waals surface area contributed by atoms with Crippen LogP contribution in [0.25, 0.3) is 11.0 Å². The fourth-order valence-electron chi connectivity index (χ4n) is 4.86. The molecule has 3 aromatic carbocycles. The summed E-state index contributed by atoms with van der Waals surface area (Å²) in [5.41, 5.74) is 9.27. The molecule has 49 heavy (non-hydrogen) atoms. The van der Waals surface area contributed by atoms with Crippen molar-refractivity contribution >= 4 is 22.6 Å². The first-order valence-corrected chi connectivity index (χ1v) is 18.6. The minimum atomic E-state index is -0.250. The molecule has 8 heteroatoms. The predicted octanol–water partition coefficient (Wildman–Crippen LogP) is 9.59. The first-order valence-electron chi connectivity index (χ1n) is 18.3. The predicted molar refractivity (Wildman–Crippen MR) is 210 cm³/mol. The van der Waals surface area contributed by atoms with Crippen LogP contribution < -0.4 is 15.2 Å². The smallest absolute Gasteiger partial charge is 0.121 e. The van der Waals surface area contributed by atoms with Gasteiger partial charge in [0.05, 0.1) is 31.0 Å². The first kappa shape index (κ1) is 43.9. The number of imidazole rings is 1. The van der Waals surface area contributed by atoms with E-state index in [1.54, 1.807) is 0 Å². The normalized spacial score (nSPS) is 10.6. The van der Waals surface area contributed by atoms with Crippen molar-refractivity contribution in [3.63, 3.8) is 0 Å². The lowest BCUT2D eigenvalue weighted by Crippen LogP contribution is -2.25. The molecule has 0 atom stereocenters. The number of benzene rings is 3. The second-order valence-electron chi connectivity index (χ2n) is 12.4. The van der Waals surface area contributed by atoms with Crippen LogP contribution in [0.2, 0.25) is 5.02 Å². The maximum Gasteiger partial charge on any atom is 0.121 e. The second kappa shape index (κ2) is 26.7. The molecule has 0 bridgehead atoms. The number of hydrogen-bond acceptors (Lipinski definition) is 6. The molecule has 274 valence electrons. The molecule has 1 heterocycles. The fraction of sp³-hybridized carbons (Fsp3) is 0.537. The van der Waals surface area contributed by atoms with Gasteiger partial charge in [-0.2, -0.15) is 0 Å². The van der Waals surface area contributed by atoms with Gasteiger partial charge >= 0.3 is 0 Å². The molecule has 4 aromatic rings. The van der Waals surface area contributed by atoms with Gasteiger partial charge in [0, 0.05) is 37.0 Å². The van der Waals surface area contributed by atoms with Crippen molar-refractivity contribution < 1.29 is 14.6 Å². The largest absolute Gasteiger partial charge is 0.493 e. The third-order valence-electron chi connectivity index (χ3n) is 7.54. The monoisotopic (exact) mass is 696 g/mol. The highest BCUT2D eigenvalue weighted by Crippen LogP contribution is 2.23. The van der Waals surface area contributed by atoms with E-state index in [2.05, 4.69) is 101 Å². The van der Waals surface area contributed by atoms with Crippen LogP contribution in [-0.4, -0.2) is 59.1 Å². The van der Waals surface area contributed by atoms with Crippen molar-refractivity contribution in [2.75, 3.05) is 39.6 Å². The number of aliphatic hydroxyl groups excluding tert-OH is 1. The number of aromatic nitrogens is 2. The van der Waals surface area contributed by atoms with Gasteiger partial charge in [-0.1, -0.05) is 97.7 Å². The van der Waals surface area contributed by atoms with Gasteiger partial charge in [-0.05, 0) is 85.8 Å². The lowest BCUT2D eigenvalue weighted by molar-refractivity contribution is 0.249. The lowest BCUT2D eigenvalue weighted by atomic mass is 10.1. The lowest BCUT2D eigenvalue weighted by Gasteiger charge is -2.17. The number of aliphatic hydroxyl groups is 1. The van der Waals surface area contributed by atoms with Gasteiger partial charge in [-0.3, -0.25) is 0 Å². The number of fused-ring (bicyclic) bond motifs is 1. The topological polar surface area (TPSA) is 85.8 Å². The van der Waals surface area contributed by atoms with Crippen LogP contribution in [0.3, 0.4) is 0 Å². The molecule has 0 radical (unpaired) electrons. The van der Waals surface area contributed by atoms with E-state index < -0.39 is 0 Å². The van der Waals surface area contributed by atoms with Crippen LogP contribution in [0.1, 0.15) is 91.6 Å². The molecule has 4 rings (SSSR count). The average molecular weight is 697 g/mol. The zero-order chi connectivity index (χ0) is 36.4. The highest BCUT2D eigenvalue weighted by molar-refractivity contribution is 6.30. The highest BCUT2D eigenvalue weighted by atomic mass is 35.5. The fourth-order valence-corrected chi connectivity index (χ4v) is 4.98. The van der Waals surface area contributed by atoms with Crippen LogP contribution in [0.4, 0.5) is 0 Å². The molecule has 0 amide bonds. The zero-order valence-corrected chi connectivity index (χ0v) is 32.4. The summed E-state index contributed by atoms with van der Waals surface area (Å²) in [6.45, 7) is 23.0. The number of aryl methyl sites for hydroxylation is 3. The van der Waals surface area contributed by atoms with Crippen molar-refractivity contribution in [3.8, 4) is 11.5 Å². The standard InChI is InChI=1S/C20H33N3O.C16H17ClO.C4H10.CH5NO/c1-5-9-14-23-19-16-17(11-12-18(19)21-20(23)6-2)24-15-10-13-22(7-3)8-4;1-2-13-5-9-16(10-6-13)18-12-11-14-3-7-15(17)8-4-14;1-4(2)3;2-1-3/h11-12,16H,5-10,13-15H2,1-4H3;3-10H,2,11-12H2,1H3;4H,1-3H3;3H,1-2H2. The van der Waals surface area contributed by atoms with Crippen molar-refractivity contribution in [2.45, 2.75) is 100 Å². The number of halogens is 1. The van der Waals surface area contributed by atoms with Crippen molar-refractivity contribution in [1.82, 2.24) is 14.5 Å². The Kier molecular flexibility index (Phi) is 24.0. The van der Waals surface area contributed by atoms with Crippen molar-refractivity contribution in [3.05, 3.63) is 88.7 Å². The molecule has 0 unspecified atom stereocenters. The summed E-state index contributed by atoms with van der Waals surface area (Å²) in [4.78, 5) is 7.20. The Balaban J connectivity index is 0.000000422. The summed E-state index contributed by atoms with van der Waals surface area (Å²) >= 11 is 5.84. The number of rotatable bonds is 16. The Morgan fingerprint density at radius 2 is 1.37 bits per heavy atom. The van der Waals surface area contributed by atoms with Crippen LogP contribution in [0.15, 0.2) is 66.7 Å². The molecule has 0 saturated carbocycles. The summed E-state index contributed by atoms with van der Waals surface area (Å²) in [6.07, 6.45) is 6.38. The van der Waals surface area contributed by atoms with Gasteiger partial charge < -0.3 is 29.8 Å². The number of unbranched alkanes of at least 4 members (excludes halogenated alkanes) is 1. The van der Waals surface area contributed by atoms with E-state index in [9.17, 15) is 0 Å². The molecule has 3 N–H and O–H groups in total. The maximum absolute atomic E-state index is 7.35. The summed E-state index contributed by atoms with van der Waals surface area (Å²) in [5.74, 6) is 3.90. The number of hydrogen-bond donors (Lipinski definition) is 2. The molecule has 0 saturated heterocycles. The third kappa shape index (κ3) is 18.5. The Morgan fingerprint density at radius 3 is 1.92 bits per heavy atom. The van der Waals surface area contributed by atoms with Crippen molar-refractivity contribution in [1.29, 1.82) is 0 Å². The molecule has 1 aromatic heterocycles. The van der Waals surface area contributed by atoms with E-state index in [1.165, 1.54) is 35.3 Å².